The molecule has 0 aliphatic carbocycles. The average molecular weight is 390 g/mol. The van der Waals surface area contributed by atoms with Crippen LogP contribution in [0, 0.1) is 6.92 Å². The van der Waals surface area contributed by atoms with Gasteiger partial charge in [0.1, 0.15) is 0 Å². The van der Waals surface area contributed by atoms with Crippen LogP contribution in [0.5, 0.6) is 11.5 Å². The smallest absolute Gasteiger partial charge is 0.425 e. The lowest BCUT2D eigenvalue weighted by atomic mass is 10.2. The standard InChI is InChI=1S/C21H27NO4S/c1-6-24-19-14-17(13-16(5)20(19)25-7-2)22(21(23)26-15(3)4)27-18-11-9-8-10-12-18/h8-15H,6-7H2,1-5H3. The monoisotopic (exact) mass is 389 g/mol. The van der Waals surface area contributed by atoms with E-state index in [0.717, 1.165) is 10.5 Å². The van der Waals surface area contributed by atoms with Gasteiger partial charge in [-0.05, 0) is 70.3 Å². The van der Waals surface area contributed by atoms with Crippen molar-refractivity contribution in [2.45, 2.75) is 45.6 Å². The second-order valence-electron chi connectivity index (χ2n) is 6.09. The molecule has 2 aromatic rings. The van der Waals surface area contributed by atoms with Crippen LogP contribution in [0.15, 0.2) is 47.4 Å². The maximum Gasteiger partial charge on any atom is 0.425 e. The van der Waals surface area contributed by atoms with Crippen molar-refractivity contribution in [2.24, 2.45) is 0 Å². The third-order valence-electron chi connectivity index (χ3n) is 3.49. The van der Waals surface area contributed by atoms with Crippen molar-refractivity contribution in [1.29, 1.82) is 0 Å². The quantitative estimate of drug-likeness (QED) is 0.530. The van der Waals surface area contributed by atoms with Crippen LogP contribution in [0.3, 0.4) is 0 Å². The maximum absolute atomic E-state index is 12.8. The van der Waals surface area contributed by atoms with Gasteiger partial charge >= 0.3 is 6.09 Å². The van der Waals surface area contributed by atoms with E-state index in [-0.39, 0.29) is 6.10 Å². The van der Waals surface area contributed by atoms with Crippen LogP contribution in [-0.2, 0) is 4.74 Å². The molecule has 0 aliphatic heterocycles. The lowest BCUT2D eigenvalue weighted by Gasteiger charge is -2.24. The van der Waals surface area contributed by atoms with Crippen molar-refractivity contribution < 1.29 is 19.0 Å². The molecule has 0 fully saturated rings. The fourth-order valence-corrected chi connectivity index (χ4v) is 3.28. The van der Waals surface area contributed by atoms with E-state index in [2.05, 4.69) is 0 Å². The summed E-state index contributed by atoms with van der Waals surface area (Å²) in [6, 6.07) is 13.4. The minimum atomic E-state index is -0.426. The number of carbonyl (C=O) groups excluding carboxylic acids is 1. The van der Waals surface area contributed by atoms with Gasteiger partial charge in [0.25, 0.3) is 0 Å². The zero-order chi connectivity index (χ0) is 19.8. The molecule has 0 aliphatic rings. The van der Waals surface area contributed by atoms with E-state index in [4.69, 9.17) is 14.2 Å². The van der Waals surface area contributed by atoms with Gasteiger partial charge in [-0.3, -0.25) is 0 Å². The molecular formula is C21H27NO4S. The van der Waals surface area contributed by atoms with Crippen LogP contribution in [-0.4, -0.2) is 25.4 Å². The summed E-state index contributed by atoms with van der Waals surface area (Å²) in [5.74, 6) is 1.32. The Balaban J connectivity index is 2.45. The lowest BCUT2D eigenvalue weighted by molar-refractivity contribution is 0.127. The Labute approximate surface area is 165 Å². The second-order valence-corrected chi connectivity index (χ2v) is 7.11. The summed E-state index contributed by atoms with van der Waals surface area (Å²) in [4.78, 5) is 13.7. The van der Waals surface area contributed by atoms with Crippen molar-refractivity contribution in [1.82, 2.24) is 0 Å². The molecule has 0 saturated heterocycles. The summed E-state index contributed by atoms with van der Waals surface area (Å²) in [6.07, 6.45) is -0.642. The van der Waals surface area contributed by atoms with Crippen LogP contribution in [0.2, 0.25) is 0 Å². The molecule has 0 saturated carbocycles. The van der Waals surface area contributed by atoms with Crippen LogP contribution in [0.4, 0.5) is 10.5 Å². The average Bonchev–Trinajstić information content (AvgIpc) is 2.63. The fraction of sp³-hybridized carbons (Fsp3) is 0.381. The Bertz CT molecular complexity index is 749. The number of benzene rings is 2. The SMILES string of the molecule is CCOc1cc(N(Sc2ccccc2)C(=O)OC(C)C)cc(C)c1OCC. The normalized spacial score (nSPS) is 10.6. The highest BCUT2D eigenvalue weighted by atomic mass is 32.2. The first kappa shape index (κ1) is 21.0. The molecule has 2 aromatic carbocycles. The third kappa shape index (κ3) is 5.82. The van der Waals surface area contributed by atoms with Crippen LogP contribution >= 0.6 is 11.9 Å². The highest BCUT2D eigenvalue weighted by molar-refractivity contribution is 8.01. The topological polar surface area (TPSA) is 48.0 Å². The summed E-state index contributed by atoms with van der Waals surface area (Å²) in [5, 5.41) is 0. The van der Waals surface area contributed by atoms with E-state index in [1.807, 2.05) is 77.1 Å². The summed E-state index contributed by atoms with van der Waals surface area (Å²) >= 11 is 1.31. The number of hydrogen-bond acceptors (Lipinski definition) is 5. The van der Waals surface area contributed by atoms with Gasteiger partial charge in [0, 0.05) is 11.0 Å². The van der Waals surface area contributed by atoms with Crippen LogP contribution in [0.25, 0.3) is 0 Å². The van der Waals surface area contributed by atoms with Gasteiger partial charge in [-0.2, -0.15) is 0 Å². The number of rotatable bonds is 8. The molecule has 0 heterocycles. The van der Waals surface area contributed by atoms with Gasteiger partial charge in [0.2, 0.25) is 0 Å². The Kier molecular flexibility index (Phi) is 7.85. The van der Waals surface area contributed by atoms with E-state index >= 15 is 0 Å². The van der Waals surface area contributed by atoms with Gasteiger partial charge in [0.05, 0.1) is 25.0 Å². The van der Waals surface area contributed by atoms with E-state index in [0.29, 0.717) is 30.4 Å². The van der Waals surface area contributed by atoms with Crippen molar-refractivity contribution in [3.63, 3.8) is 0 Å². The minimum absolute atomic E-state index is 0.216. The molecule has 5 nitrogen and oxygen atoms in total. The second kappa shape index (κ2) is 10.1. The molecular weight excluding hydrogens is 362 g/mol. The Hall–Kier alpha value is -2.34. The third-order valence-corrected chi connectivity index (χ3v) is 4.52. The fourth-order valence-electron chi connectivity index (χ4n) is 2.46. The van der Waals surface area contributed by atoms with Gasteiger partial charge in [-0.15, -0.1) is 0 Å². The van der Waals surface area contributed by atoms with Crippen molar-refractivity contribution >= 4 is 23.7 Å². The van der Waals surface area contributed by atoms with Crippen molar-refractivity contribution in [3.05, 3.63) is 48.0 Å². The number of hydrogen-bond donors (Lipinski definition) is 0. The number of carbonyl (C=O) groups is 1. The van der Waals surface area contributed by atoms with Crippen molar-refractivity contribution in [2.75, 3.05) is 17.5 Å². The van der Waals surface area contributed by atoms with Gasteiger partial charge < -0.3 is 14.2 Å². The molecule has 0 spiro atoms. The zero-order valence-electron chi connectivity index (χ0n) is 16.5. The van der Waals surface area contributed by atoms with Crippen LogP contribution < -0.4 is 13.8 Å². The summed E-state index contributed by atoms with van der Waals surface area (Å²) in [6.45, 7) is 10.5. The zero-order valence-corrected chi connectivity index (χ0v) is 17.3. The predicted octanol–water partition coefficient (Wildman–Crippen LogP) is 5.85. The summed E-state index contributed by atoms with van der Waals surface area (Å²) < 4.78 is 18.5. The Morgan fingerprint density at radius 3 is 2.33 bits per heavy atom. The number of ether oxygens (including phenoxy) is 3. The maximum atomic E-state index is 12.8. The molecule has 0 aromatic heterocycles. The number of aryl methyl sites for hydroxylation is 1. The molecule has 6 heteroatoms. The molecule has 0 unspecified atom stereocenters. The Morgan fingerprint density at radius 1 is 1.07 bits per heavy atom. The summed E-state index contributed by atoms with van der Waals surface area (Å²) in [7, 11) is 0. The van der Waals surface area contributed by atoms with E-state index in [1.165, 1.54) is 11.9 Å². The van der Waals surface area contributed by atoms with E-state index < -0.39 is 6.09 Å². The predicted molar refractivity (Wildman–Crippen MR) is 110 cm³/mol. The molecule has 0 bridgehead atoms. The van der Waals surface area contributed by atoms with Crippen molar-refractivity contribution in [3.8, 4) is 11.5 Å². The van der Waals surface area contributed by atoms with E-state index in [1.54, 1.807) is 4.31 Å². The molecule has 0 atom stereocenters. The molecule has 0 radical (unpaired) electrons. The molecule has 146 valence electrons. The number of nitrogens with zero attached hydrogens (tertiary/aromatic N) is 1. The first-order valence-electron chi connectivity index (χ1n) is 9.10. The van der Waals surface area contributed by atoms with E-state index in [9.17, 15) is 4.79 Å². The molecule has 2 rings (SSSR count). The van der Waals surface area contributed by atoms with Gasteiger partial charge in [0.15, 0.2) is 11.5 Å². The first-order chi connectivity index (χ1) is 13.0. The lowest BCUT2D eigenvalue weighted by Crippen LogP contribution is -2.27. The molecule has 0 N–H and O–H groups in total. The highest BCUT2D eigenvalue weighted by Gasteiger charge is 2.23. The molecule has 27 heavy (non-hydrogen) atoms. The summed E-state index contributed by atoms with van der Waals surface area (Å²) in [5.41, 5.74) is 1.58. The molecule has 1 amide bonds. The van der Waals surface area contributed by atoms with Gasteiger partial charge in [-0.1, -0.05) is 18.2 Å². The van der Waals surface area contributed by atoms with Gasteiger partial charge in [-0.25, -0.2) is 9.10 Å². The van der Waals surface area contributed by atoms with Crippen LogP contribution in [0.1, 0.15) is 33.3 Å². The first-order valence-corrected chi connectivity index (χ1v) is 9.87. The highest BCUT2D eigenvalue weighted by Crippen LogP contribution is 2.39. The largest absolute Gasteiger partial charge is 0.490 e. The number of amides is 1. The number of anilines is 1. The Morgan fingerprint density at radius 2 is 1.74 bits per heavy atom. The minimum Gasteiger partial charge on any atom is -0.490 e.